The van der Waals surface area contributed by atoms with Crippen molar-refractivity contribution in [1.29, 1.82) is 5.26 Å². The second kappa shape index (κ2) is 6.62. The van der Waals surface area contributed by atoms with Crippen molar-refractivity contribution in [3.05, 3.63) is 39.9 Å². The minimum Gasteiger partial charge on any atom is -0.396 e. The molecule has 130 valence electrons. The molecule has 2 aromatic heterocycles. The van der Waals surface area contributed by atoms with Crippen LogP contribution in [-0.4, -0.2) is 32.0 Å². The van der Waals surface area contributed by atoms with Crippen LogP contribution in [0, 0.1) is 17.2 Å². The largest absolute Gasteiger partial charge is 0.396 e. The van der Waals surface area contributed by atoms with Gasteiger partial charge in [-0.25, -0.2) is 4.98 Å². The minimum absolute atomic E-state index is 0.00197. The monoisotopic (exact) mass is 356 g/mol. The molecule has 1 aliphatic rings. The fourth-order valence-electron chi connectivity index (χ4n) is 2.71. The van der Waals surface area contributed by atoms with E-state index in [0.717, 1.165) is 5.69 Å². The molecule has 0 radical (unpaired) electrons. The van der Waals surface area contributed by atoms with Gasteiger partial charge in [0.1, 0.15) is 11.6 Å². The van der Waals surface area contributed by atoms with Crippen LogP contribution in [0.15, 0.2) is 28.3 Å². The Morgan fingerprint density at radius 2 is 2.20 bits per heavy atom. The van der Waals surface area contributed by atoms with Gasteiger partial charge in [-0.1, -0.05) is 32.5 Å². The summed E-state index contributed by atoms with van der Waals surface area (Å²) in [4.78, 5) is 21.7. The lowest BCUT2D eigenvalue weighted by molar-refractivity contribution is 0.217. The van der Waals surface area contributed by atoms with E-state index in [0.29, 0.717) is 28.7 Å². The summed E-state index contributed by atoms with van der Waals surface area (Å²) in [5, 5.41) is 19.4. The first kappa shape index (κ1) is 17.6. The molecule has 25 heavy (non-hydrogen) atoms. The van der Waals surface area contributed by atoms with Gasteiger partial charge >= 0.3 is 0 Å². The number of hydrogen-bond donors (Lipinski definition) is 1. The number of pyridine rings is 1. The number of rotatable bonds is 2. The van der Waals surface area contributed by atoms with Crippen LogP contribution in [0.3, 0.4) is 0 Å². The van der Waals surface area contributed by atoms with Gasteiger partial charge in [-0.15, -0.1) is 0 Å². The third-order valence-electron chi connectivity index (χ3n) is 4.20. The van der Waals surface area contributed by atoms with Gasteiger partial charge in [0.25, 0.3) is 5.56 Å². The first-order valence-electron chi connectivity index (χ1n) is 8.10. The molecule has 3 heterocycles. The normalized spacial score (nSPS) is 17.0. The second-order valence-electron chi connectivity index (χ2n) is 7.19. The van der Waals surface area contributed by atoms with E-state index in [9.17, 15) is 15.2 Å². The maximum absolute atomic E-state index is 12.7. The van der Waals surface area contributed by atoms with Gasteiger partial charge < -0.3 is 5.11 Å². The fraction of sp³-hybridized carbons (Fsp3) is 0.444. The van der Waals surface area contributed by atoms with Crippen LogP contribution in [-0.2, 0) is 12.0 Å². The standard InChI is InChI=1S/C18H20N4O2S/c1-18(2,3)14-5-4-12(7-20-14)15-13(6-19)16(24)22-8-11(9-23)10-25-17(22)21-15/h4-5,7,11,23H,8-10H2,1-3H3. The molecule has 1 N–H and O–H groups in total. The average molecular weight is 356 g/mol. The predicted octanol–water partition coefficient (Wildman–Crippen LogP) is 2.19. The van der Waals surface area contributed by atoms with Gasteiger partial charge in [0.2, 0.25) is 0 Å². The molecule has 0 fully saturated rings. The number of aliphatic hydroxyl groups is 1. The number of thioether (sulfide) groups is 1. The summed E-state index contributed by atoms with van der Waals surface area (Å²) >= 11 is 1.43. The Kier molecular flexibility index (Phi) is 4.67. The number of hydrogen-bond acceptors (Lipinski definition) is 6. The molecule has 0 aliphatic carbocycles. The Morgan fingerprint density at radius 1 is 1.44 bits per heavy atom. The number of nitrogens with zero attached hydrogens (tertiary/aromatic N) is 4. The van der Waals surface area contributed by atoms with Gasteiger partial charge in [0.05, 0.1) is 5.69 Å². The number of aromatic nitrogens is 3. The minimum atomic E-state index is -0.354. The van der Waals surface area contributed by atoms with Gasteiger partial charge in [-0.05, 0) is 12.1 Å². The number of nitriles is 1. The van der Waals surface area contributed by atoms with Crippen molar-refractivity contribution < 1.29 is 5.11 Å². The molecule has 0 spiro atoms. The molecule has 3 rings (SSSR count). The molecule has 0 bridgehead atoms. The van der Waals surface area contributed by atoms with E-state index < -0.39 is 0 Å². The first-order valence-corrected chi connectivity index (χ1v) is 9.09. The third kappa shape index (κ3) is 3.32. The zero-order valence-electron chi connectivity index (χ0n) is 14.5. The quantitative estimate of drug-likeness (QED) is 0.829. The fourth-order valence-corrected chi connectivity index (χ4v) is 3.77. The van der Waals surface area contributed by atoms with Crippen LogP contribution in [0.4, 0.5) is 0 Å². The van der Waals surface area contributed by atoms with Crippen LogP contribution in [0.25, 0.3) is 11.3 Å². The molecule has 1 atom stereocenters. The van der Waals surface area contributed by atoms with Crippen molar-refractivity contribution >= 4 is 11.8 Å². The van der Waals surface area contributed by atoms with Crippen LogP contribution >= 0.6 is 11.8 Å². The summed E-state index contributed by atoms with van der Waals surface area (Å²) in [6.07, 6.45) is 1.67. The summed E-state index contributed by atoms with van der Waals surface area (Å²) in [6.45, 7) is 6.63. The highest BCUT2D eigenvalue weighted by atomic mass is 32.2. The highest BCUT2D eigenvalue weighted by Crippen LogP contribution is 2.29. The van der Waals surface area contributed by atoms with Crippen molar-refractivity contribution in [3.63, 3.8) is 0 Å². The zero-order chi connectivity index (χ0) is 18.2. The number of aliphatic hydroxyl groups excluding tert-OH is 1. The molecule has 0 aromatic carbocycles. The van der Waals surface area contributed by atoms with E-state index in [1.807, 2.05) is 18.2 Å². The van der Waals surface area contributed by atoms with Crippen LogP contribution < -0.4 is 5.56 Å². The lowest BCUT2D eigenvalue weighted by atomic mass is 9.91. The Hall–Kier alpha value is -2.17. The van der Waals surface area contributed by atoms with Crippen molar-refractivity contribution in [2.45, 2.75) is 37.9 Å². The third-order valence-corrected chi connectivity index (χ3v) is 5.41. The Morgan fingerprint density at radius 3 is 2.76 bits per heavy atom. The lowest BCUT2D eigenvalue weighted by Gasteiger charge is -2.24. The summed E-state index contributed by atoms with van der Waals surface area (Å²) in [7, 11) is 0. The molecule has 0 saturated carbocycles. The maximum atomic E-state index is 12.7. The SMILES string of the molecule is CC(C)(C)c1ccc(-c2nc3n(c(=O)c2C#N)CC(CO)CS3)cn1. The molecule has 1 aliphatic heterocycles. The van der Waals surface area contributed by atoms with E-state index in [2.05, 4.69) is 30.7 Å². The molecule has 7 heteroatoms. The first-order chi connectivity index (χ1) is 11.8. The molecule has 6 nitrogen and oxygen atoms in total. The van der Waals surface area contributed by atoms with Crippen molar-refractivity contribution in [2.24, 2.45) is 5.92 Å². The molecule has 0 amide bonds. The molecular formula is C18H20N4O2S. The summed E-state index contributed by atoms with van der Waals surface area (Å²) in [5.74, 6) is 0.706. The molecule has 1 unspecified atom stereocenters. The highest BCUT2D eigenvalue weighted by molar-refractivity contribution is 7.99. The number of fused-ring (bicyclic) bond motifs is 1. The average Bonchev–Trinajstić information content (AvgIpc) is 2.60. The topological polar surface area (TPSA) is 91.8 Å². The Balaban J connectivity index is 2.10. The Labute approximate surface area is 150 Å². The lowest BCUT2D eigenvalue weighted by Crippen LogP contribution is -2.34. The van der Waals surface area contributed by atoms with Gasteiger partial charge in [0, 0.05) is 47.7 Å². The van der Waals surface area contributed by atoms with Crippen molar-refractivity contribution in [3.8, 4) is 17.3 Å². The Bertz CT molecular complexity index is 892. The summed E-state index contributed by atoms with van der Waals surface area (Å²) in [5.41, 5.74) is 1.57. The van der Waals surface area contributed by atoms with Crippen LogP contribution in [0.5, 0.6) is 0 Å². The predicted molar refractivity (Wildman–Crippen MR) is 96.4 cm³/mol. The van der Waals surface area contributed by atoms with Crippen LogP contribution in [0.1, 0.15) is 32.0 Å². The summed E-state index contributed by atoms with van der Waals surface area (Å²) < 4.78 is 1.49. The van der Waals surface area contributed by atoms with Crippen LogP contribution in [0.2, 0.25) is 0 Å². The zero-order valence-corrected chi connectivity index (χ0v) is 15.3. The second-order valence-corrected chi connectivity index (χ2v) is 8.17. The van der Waals surface area contributed by atoms with E-state index in [1.165, 1.54) is 16.3 Å². The van der Waals surface area contributed by atoms with E-state index in [-0.39, 0.29) is 29.1 Å². The molecule has 0 saturated heterocycles. The molecular weight excluding hydrogens is 336 g/mol. The van der Waals surface area contributed by atoms with Gasteiger partial charge in [-0.3, -0.25) is 14.3 Å². The van der Waals surface area contributed by atoms with Crippen molar-refractivity contribution in [2.75, 3.05) is 12.4 Å². The van der Waals surface area contributed by atoms with E-state index in [1.54, 1.807) is 6.20 Å². The summed E-state index contributed by atoms with van der Waals surface area (Å²) in [6, 6.07) is 5.76. The van der Waals surface area contributed by atoms with E-state index >= 15 is 0 Å². The smallest absolute Gasteiger partial charge is 0.272 e. The molecule has 2 aromatic rings. The van der Waals surface area contributed by atoms with Gasteiger partial charge in [0.15, 0.2) is 5.16 Å². The van der Waals surface area contributed by atoms with Gasteiger partial charge in [-0.2, -0.15) is 5.26 Å². The van der Waals surface area contributed by atoms with Crippen molar-refractivity contribution in [1.82, 2.24) is 14.5 Å². The van der Waals surface area contributed by atoms with E-state index in [4.69, 9.17) is 0 Å². The highest BCUT2D eigenvalue weighted by Gasteiger charge is 2.25. The maximum Gasteiger partial charge on any atom is 0.272 e.